The summed E-state index contributed by atoms with van der Waals surface area (Å²) in [6.45, 7) is 0. The van der Waals surface area contributed by atoms with Crippen molar-refractivity contribution in [3.8, 4) is 0 Å². The predicted octanol–water partition coefficient (Wildman–Crippen LogP) is 3.27. The predicted molar refractivity (Wildman–Crippen MR) is 92.6 cm³/mol. The number of nitrogens with zero attached hydrogens (tertiary/aromatic N) is 1. The number of nitrogens with one attached hydrogen (secondary N) is 2. The fraction of sp³-hybridized carbons (Fsp3) is 0.579. The molecule has 1 aromatic rings. The summed E-state index contributed by atoms with van der Waals surface area (Å²) in [6, 6.07) is 6.38. The van der Waals surface area contributed by atoms with Gasteiger partial charge in [-0.25, -0.2) is 9.18 Å². The van der Waals surface area contributed by atoms with Crippen molar-refractivity contribution in [3.05, 3.63) is 30.1 Å². The summed E-state index contributed by atoms with van der Waals surface area (Å²) in [5.41, 5.74) is 0.217. The van der Waals surface area contributed by atoms with Crippen LogP contribution in [0.15, 0.2) is 24.3 Å². The molecule has 4 rings (SSSR count). The second-order valence-electron chi connectivity index (χ2n) is 7.51. The van der Waals surface area contributed by atoms with E-state index in [-0.39, 0.29) is 41.7 Å². The van der Waals surface area contributed by atoms with E-state index in [2.05, 4.69) is 10.6 Å². The number of urea groups is 1. The minimum Gasteiger partial charge on any atom is -0.353 e. The van der Waals surface area contributed by atoms with Gasteiger partial charge in [0, 0.05) is 24.0 Å². The Balaban J connectivity index is 1.43. The van der Waals surface area contributed by atoms with Gasteiger partial charge in [-0.3, -0.25) is 4.79 Å². The van der Waals surface area contributed by atoms with Crippen LogP contribution >= 0.6 is 0 Å². The smallest absolute Gasteiger partial charge is 0.322 e. The molecule has 2 atom stereocenters. The first kappa shape index (κ1) is 16.4. The number of fused-ring (bicyclic) bond motifs is 2. The Morgan fingerprint density at radius 2 is 1.72 bits per heavy atom. The molecule has 5 nitrogen and oxygen atoms in total. The molecule has 2 aliphatic heterocycles. The van der Waals surface area contributed by atoms with Gasteiger partial charge >= 0.3 is 6.03 Å². The van der Waals surface area contributed by atoms with Crippen molar-refractivity contribution < 1.29 is 14.0 Å². The Bertz CT molecular complexity index is 662. The molecule has 0 radical (unpaired) electrons. The Morgan fingerprint density at radius 1 is 1.04 bits per heavy atom. The van der Waals surface area contributed by atoms with Gasteiger partial charge in [0.2, 0.25) is 5.91 Å². The highest BCUT2D eigenvalue weighted by molar-refractivity contribution is 5.90. The number of carbonyl (C=O) groups excluding carboxylic acids is 2. The van der Waals surface area contributed by atoms with Crippen LogP contribution in [-0.4, -0.2) is 35.0 Å². The SMILES string of the molecule is O=C(NC1C[C@@H]2CCC[C@@H](C1)N2C(=O)Nc1ccccc1F)C1CC1. The number of hydrogen-bond acceptors (Lipinski definition) is 2. The van der Waals surface area contributed by atoms with E-state index in [0.717, 1.165) is 44.9 Å². The number of hydrogen-bond donors (Lipinski definition) is 2. The van der Waals surface area contributed by atoms with E-state index in [1.807, 2.05) is 4.90 Å². The molecular weight excluding hydrogens is 321 g/mol. The molecule has 0 aromatic heterocycles. The van der Waals surface area contributed by atoms with Crippen molar-refractivity contribution in [1.29, 1.82) is 0 Å². The third-order valence-corrected chi connectivity index (χ3v) is 5.62. The molecule has 25 heavy (non-hydrogen) atoms. The lowest BCUT2D eigenvalue weighted by Gasteiger charge is -2.48. The zero-order valence-corrected chi connectivity index (χ0v) is 14.2. The van der Waals surface area contributed by atoms with Crippen LogP contribution in [0.3, 0.4) is 0 Å². The maximum absolute atomic E-state index is 13.8. The molecule has 0 spiro atoms. The van der Waals surface area contributed by atoms with E-state index in [1.165, 1.54) is 6.07 Å². The third-order valence-electron chi connectivity index (χ3n) is 5.62. The van der Waals surface area contributed by atoms with Crippen molar-refractivity contribution in [1.82, 2.24) is 10.2 Å². The molecule has 1 aliphatic carbocycles. The Labute approximate surface area is 147 Å². The Morgan fingerprint density at radius 3 is 2.36 bits per heavy atom. The van der Waals surface area contributed by atoms with Crippen LogP contribution in [0.2, 0.25) is 0 Å². The molecule has 3 aliphatic rings. The average molecular weight is 345 g/mol. The van der Waals surface area contributed by atoms with Gasteiger partial charge in [-0.05, 0) is 57.1 Å². The van der Waals surface area contributed by atoms with Crippen LogP contribution in [0.5, 0.6) is 0 Å². The molecular formula is C19H24FN3O2. The zero-order chi connectivity index (χ0) is 17.4. The number of rotatable bonds is 3. The van der Waals surface area contributed by atoms with E-state index in [1.54, 1.807) is 18.2 Å². The molecule has 2 heterocycles. The van der Waals surface area contributed by atoms with Gasteiger partial charge in [-0.1, -0.05) is 12.1 Å². The van der Waals surface area contributed by atoms with Crippen LogP contribution in [0.4, 0.5) is 14.9 Å². The second-order valence-corrected chi connectivity index (χ2v) is 7.51. The van der Waals surface area contributed by atoms with Crippen molar-refractivity contribution in [2.24, 2.45) is 5.92 Å². The number of para-hydroxylation sites is 1. The normalized spacial score (nSPS) is 28.4. The highest BCUT2D eigenvalue weighted by atomic mass is 19.1. The van der Waals surface area contributed by atoms with E-state index < -0.39 is 5.82 Å². The van der Waals surface area contributed by atoms with Gasteiger partial charge in [0.15, 0.2) is 0 Å². The van der Waals surface area contributed by atoms with Gasteiger partial charge in [0.25, 0.3) is 0 Å². The molecule has 2 N–H and O–H groups in total. The molecule has 2 bridgehead atoms. The average Bonchev–Trinajstić information content (AvgIpc) is 3.41. The maximum Gasteiger partial charge on any atom is 0.322 e. The maximum atomic E-state index is 13.8. The van der Waals surface area contributed by atoms with Gasteiger partial charge in [0.05, 0.1) is 5.69 Å². The summed E-state index contributed by atoms with van der Waals surface area (Å²) >= 11 is 0. The molecule has 0 unspecified atom stereocenters. The first-order valence-electron chi connectivity index (χ1n) is 9.26. The van der Waals surface area contributed by atoms with Crippen molar-refractivity contribution in [3.63, 3.8) is 0 Å². The zero-order valence-electron chi connectivity index (χ0n) is 14.2. The first-order chi connectivity index (χ1) is 12.1. The largest absolute Gasteiger partial charge is 0.353 e. The van der Waals surface area contributed by atoms with E-state index in [9.17, 15) is 14.0 Å². The number of amides is 3. The second kappa shape index (κ2) is 6.65. The van der Waals surface area contributed by atoms with Crippen LogP contribution in [0.1, 0.15) is 44.9 Å². The van der Waals surface area contributed by atoms with Crippen molar-refractivity contribution in [2.45, 2.75) is 63.1 Å². The van der Waals surface area contributed by atoms with E-state index in [0.29, 0.717) is 0 Å². The van der Waals surface area contributed by atoms with E-state index in [4.69, 9.17) is 0 Å². The molecule has 3 amide bonds. The minimum atomic E-state index is -0.424. The fourth-order valence-electron chi connectivity index (χ4n) is 4.24. The number of carbonyl (C=O) groups is 2. The van der Waals surface area contributed by atoms with Gasteiger partial charge in [0.1, 0.15) is 5.82 Å². The summed E-state index contributed by atoms with van der Waals surface area (Å²) in [4.78, 5) is 26.7. The monoisotopic (exact) mass is 345 g/mol. The molecule has 3 fully saturated rings. The summed E-state index contributed by atoms with van der Waals surface area (Å²) in [5, 5.41) is 5.89. The standard InChI is InChI=1S/C19H24FN3O2/c20-16-6-1-2-7-17(16)22-19(25)23-14-4-3-5-15(23)11-13(10-14)21-18(24)12-8-9-12/h1-2,6-7,12-15H,3-5,8-11H2,(H,21,24)(H,22,25)/t14-,15-/m0/s1. The van der Waals surface area contributed by atoms with Crippen LogP contribution < -0.4 is 10.6 Å². The van der Waals surface area contributed by atoms with Gasteiger partial charge < -0.3 is 15.5 Å². The number of anilines is 1. The quantitative estimate of drug-likeness (QED) is 0.883. The minimum absolute atomic E-state index is 0.115. The van der Waals surface area contributed by atoms with Crippen molar-refractivity contribution >= 4 is 17.6 Å². The van der Waals surface area contributed by atoms with Crippen LogP contribution in [-0.2, 0) is 4.79 Å². The van der Waals surface area contributed by atoms with E-state index >= 15 is 0 Å². The lowest BCUT2D eigenvalue weighted by Crippen LogP contribution is -2.59. The molecule has 1 saturated carbocycles. The van der Waals surface area contributed by atoms with Crippen LogP contribution in [0, 0.1) is 11.7 Å². The Hall–Kier alpha value is -2.11. The highest BCUT2D eigenvalue weighted by Crippen LogP contribution is 2.36. The number of benzene rings is 1. The Kier molecular flexibility index (Phi) is 4.36. The van der Waals surface area contributed by atoms with Crippen LogP contribution in [0.25, 0.3) is 0 Å². The lowest BCUT2D eigenvalue weighted by molar-refractivity contribution is -0.123. The molecule has 2 saturated heterocycles. The molecule has 6 heteroatoms. The summed E-state index contributed by atoms with van der Waals surface area (Å²) in [6.07, 6.45) is 6.57. The summed E-state index contributed by atoms with van der Waals surface area (Å²) in [5.74, 6) is -0.0397. The fourth-order valence-corrected chi connectivity index (χ4v) is 4.24. The summed E-state index contributed by atoms with van der Waals surface area (Å²) in [7, 11) is 0. The lowest BCUT2D eigenvalue weighted by atomic mass is 9.82. The highest BCUT2D eigenvalue weighted by Gasteiger charge is 2.42. The van der Waals surface area contributed by atoms with Gasteiger partial charge in [-0.15, -0.1) is 0 Å². The molecule has 1 aromatic carbocycles. The third kappa shape index (κ3) is 3.48. The summed E-state index contributed by atoms with van der Waals surface area (Å²) < 4.78 is 13.8. The first-order valence-corrected chi connectivity index (χ1v) is 9.26. The topological polar surface area (TPSA) is 61.4 Å². The van der Waals surface area contributed by atoms with Crippen molar-refractivity contribution in [2.75, 3.05) is 5.32 Å². The van der Waals surface area contributed by atoms with Gasteiger partial charge in [-0.2, -0.15) is 0 Å². The molecule has 134 valence electrons. The number of piperidine rings is 2. The number of halogens is 1.